The fourth-order valence-corrected chi connectivity index (χ4v) is 4.26. The minimum absolute atomic E-state index is 0.0955. The molecule has 0 aliphatic carbocycles. The Balaban J connectivity index is 1.55. The van der Waals surface area contributed by atoms with Gasteiger partial charge >= 0.3 is 11.8 Å². The summed E-state index contributed by atoms with van der Waals surface area (Å²) in [5.41, 5.74) is 1.55. The number of hydrogen-bond acceptors (Lipinski definition) is 4. The molecule has 1 heterocycles. The number of nitrogens with zero attached hydrogens (tertiary/aromatic N) is 1. The van der Waals surface area contributed by atoms with Crippen LogP contribution in [0.25, 0.3) is 0 Å². The Bertz CT molecular complexity index is 944. The minimum atomic E-state index is -3.27. The van der Waals surface area contributed by atoms with Gasteiger partial charge in [0.1, 0.15) is 5.82 Å². The van der Waals surface area contributed by atoms with Crippen molar-refractivity contribution >= 4 is 33.2 Å². The predicted molar refractivity (Wildman–Crippen MR) is 99.1 cm³/mol. The van der Waals surface area contributed by atoms with Crippen LogP contribution in [-0.4, -0.2) is 32.5 Å². The molecule has 0 atom stereocenters. The number of nitrogens with one attached hydrogen (secondary N) is 2. The fraction of sp³-hybridized carbons (Fsp3) is 0.222. The van der Waals surface area contributed by atoms with Crippen molar-refractivity contribution in [3.63, 3.8) is 0 Å². The molecule has 1 aliphatic heterocycles. The third-order valence-corrected chi connectivity index (χ3v) is 5.95. The number of amides is 2. The SMILES string of the molecule is O=C(NCc1ccc(F)cc1)C(=O)Nc1ccc(N2CCCS2(=O)=O)cc1. The van der Waals surface area contributed by atoms with Crippen LogP contribution >= 0.6 is 0 Å². The molecule has 0 bridgehead atoms. The highest BCUT2D eigenvalue weighted by Gasteiger charge is 2.28. The van der Waals surface area contributed by atoms with E-state index in [9.17, 15) is 22.4 Å². The molecule has 27 heavy (non-hydrogen) atoms. The second-order valence-electron chi connectivity index (χ2n) is 6.05. The van der Waals surface area contributed by atoms with E-state index in [1.165, 1.54) is 40.7 Å². The van der Waals surface area contributed by atoms with E-state index in [1.54, 1.807) is 12.1 Å². The highest BCUT2D eigenvalue weighted by molar-refractivity contribution is 7.93. The average molecular weight is 391 g/mol. The van der Waals surface area contributed by atoms with Gasteiger partial charge in [0.2, 0.25) is 10.0 Å². The summed E-state index contributed by atoms with van der Waals surface area (Å²) in [7, 11) is -3.27. The van der Waals surface area contributed by atoms with Gasteiger partial charge in [-0.1, -0.05) is 12.1 Å². The first-order chi connectivity index (χ1) is 12.8. The van der Waals surface area contributed by atoms with E-state index in [0.717, 1.165) is 0 Å². The molecule has 3 rings (SSSR count). The number of carbonyl (C=O) groups is 2. The van der Waals surface area contributed by atoms with E-state index in [4.69, 9.17) is 0 Å². The van der Waals surface area contributed by atoms with Gasteiger partial charge in [0.05, 0.1) is 11.4 Å². The molecule has 1 fully saturated rings. The Labute approximate surface area is 156 Å². The Morgan fingerprint density at radius 1 is 1.00 bits per heavy atom. The summed E-state index contributed by atoms with van der Waals surface area (Å²) in [5.74, 6) is -1.93. The van der Waals surface area contributed by atoms with E-state index in [2.05, 4.69) is 10.6 Å². The van der Waals surface area contributed by atoms with E-state index in [1.807, 2.05) is 0 Å². The Hall–Kier alpha value is -2.94. The zero-order chi connectivity index (χ0) is 19.4. The van der Waals surface area contributed by atoms with Crippen LogP contribution in [0.3, 0.4) is 0 Å². The molecule has 2 N–H and O–H groups in total. The molecule has 0 unspecified atom stereocenters. The number of halogens is 1. The van der Waals surface area contributed by atoms with Crippen LogP contribution in [-0.2, 0) is 26.2 Å². The zero-order valence-corrected chi connectivity index (χ0v) is 15.1. The van der Waals surface area contributed by atoms with E-state index in [0.29, 0.717) is 29.9 Å². The minimum Gasteiger partial charge on any atom is -0.344 e. The smallest absolute Gasteiger partial charge is 0.313 e. The fourth-order valence-electron chi connectivity index (χ4n) is 2.69. The van der Waals surface area contributed by atoms with Crippen molar-refractivity contribution in [2.24, 2.45) is 0 Å². The van der Waals surface area contributed by atoms with E-state index < -0.39 is 21.8 Å². The second-order valence-corrected chi connectivity index (χ2v) is 8.06. The molecular weight excluding hydrogens is 373 g/mol. The molecule has 1 saturated heterocycles. The molecule has 2 amide bonds. The van der Waals surface area contributed by atoms with Crippen molar-refractivity contribution in [1.82, 2.24) is 5.32 Å². The van der Waals surface area contributed by atoms with Crippen LogP contribution < -0.4 is 14.9 Å². The van der Waals surface area contributed by atoms with Crippen molar-refractivity contribution in [3.05, 3.63) is 59.9 Å². The molecule has 0 radical (unpaired) electrons. The molecule has 2 aromatic carbocycles. The second kappa shape index (κ2) is 7.75. The lowest BCUT2D eigenvalue weighted by atomic mass is 10.2. The van der Waals surface area contributed by atoms with Crippen LogP contribution in [0, 0.1) is 5.82 Å². The van der Waals surface area contributed by atoms with E-state index in [-0.39, 0.29) is 18.1 Å². The molecule has 142 valence electrons. The van der Waals surface area contributed by atoms with Crippen LogP contribution in [0.2, 0.25) is 0 Å². The molecule has 0 spiro atoms. The summed E-state index contributed by atoms with van der Waals surface area (Å²) in [6.45, 7) is 0.526. The van der Waals surface area contributed by atoms with Crippen molar-refractivity contribution in [1.29, 1.82) is 0 Å². The first-order valence-electron chi connectivity index (χ1n) is 8.29. The summed E-state index contributed by atoms with van der Waals surface area (Å²) in [6.07, 6.45) is 0.578. The molecule has 9 heteroatoms. The molecule has 2 aromatic rings. The quantitative estimate of drug-likeness (QED) is 0.775. The first-order valence-corrected chi connectivity index (χ1v) is 9.90. The Morgan fingerprint density at radius 2 is 1.67 bits per heavy atom. The average Bonchev–Trinajstić information content (AvgIpc) is 3.00. The summed E-state index contributed by atoms with van der Waals surface area (Å²) in [6, 6.07) is 11.8. The van der Waals surface area contributed by atoms with E-state index >= 15 is 0 Å². The maximum atomic E-state index is 12.8. The first kappa shape index (κ1) is 18.8. The van der Waals surface area contributed by atoms with Crippen molar-refractivity contribution in [2.45, 2.75) is 13.0 Å². The van der Waals surface area contributed by atoms with Gasteiger partial charge in [-0.2, -0.15) is 0 Å². The number of hydrogen-bond donors (Lipinski definition) is 2. The number of sulfonamides is 1. The summed E-state index contributed by atoms with van der Waals surface area (Å²) in [4.78, 5) is 23.8. The highest BCUT2D eigenvalue weighted by Crippen LogP contribution is 2.25. The largest absolute Gasteiger partial charge is 0.344 e. The highest BCUT2D eigenvalue weighted by atomic mass is 32.2. The van der Waals surface area contributed by atoms with Gasteiger partial charge in [-0.15, -0.1) is 0 Å². The predicted octanol–water partition coefficient (Wildman–Crippen LogP) is 1.62. The third-order valence-electron chi connectivity index (χ3n) is 4.08. The van der Waals surface area contributed by atoms with Gasteiger partial charge in [-0.05, 0) is 48.4 Å². The molecular formula is C18H18FN3O4S. The van der Waals surface area contributed by atoms with Crippen molar-refractivity contribution in [2.75, 3.05) is 21.9 Å². The summed E-state index contributed by atoms with van der Waals surface area (Å²) in [5, 5.41) is 4.89. The maximum absolute atomic E-state index is 12.8. The molecule has 7 nitrogen and oxygen atoms in total. The van der Waals surface area contributed by atoms with Gasteiger partial charge < -0.3 is 10.6 Å². The van der Waals surface area contributed by atoms with Crippen LogP contribution in [0.1, 0.15) is 12.0 Å². The molecule has 0 aromatic heterocycles. The normalized spacial score (nSPS) is 15.4. The van der Waals surface area contributed by atoms with Gasteiger partial charge in [-0.3, -0.25) is 13.9 Å². The van der Waals surface area contributed by atoms with Gasteiger partial charge in [0.25, 0.3) is 0 Å². The molecule has 1 aliphatic rings. The third kappa shape index (κ3) is 4.62. The van der Waals surface area contributed by atoms with Gasteiger partial charge in [-0.25, -0.2) is 12.8 Å². The lowest BCUT2D eigenvalue weighted by Gasteiger charge is -2.17. The zero-order valence-electron chi connectivity index (χ0n) is 14.3. The van der Waals surface area contributed by atoms with Crippen LogP contribution in [0.5, 0.6) is 0 Å². The van der Waals surface area contributed by atoms with Crippen molar-refractivity contribution < 1.29 is 22.4 Å². The number of anilines is 2. The summed E-state index contributed by atoms with van der Waals surface area (Å²) >= 11 is 0. The Kier molecular flexibility index (Phi) is 5.41. The van der Waals surface area contributed by atoms with Crippen LogP contribution in [0.15, 0.2) is 48.5 Å². The Morgan fingerprint density at radius 3 is 2.26 bits per heavy atom. The standard InChI is InChI=1S/C18H18FN3O4S/c19-14-4-2-13(3-5-14)12-20-17(23)18(24)21-15-6-8-16(9-7-15)22-10-1-11-27(22,25)26/h2-9H,1,10-12H2,(H,20,23)(H,21,24). The number of rotatable bonds is 4. The maximum Gasteiger partial charge on any atom is 0.313 e. The van der Waals surface area contributed by atoms with Crippen LogP contribution in [0.4, 0.5) is 15.8 Å². The number of carbonyl (C=O) groups excluding carboxylic acids is 2. The summed E-state index contributed by atoms with van der Waals surface area (Å²) < 4.78 is 38.0. The van der Waals surface area contributed by atoms with Gasteiger partial charge in [0, 0.05) is 18.8 Å². The monoisotopic (exact) mass is 391 g/mol. The lowest BCUT2D eigenvalue weighted by molar-refractivity contribution is -0.136. The van der Waals surface area contributed by atoms with Crippen molar-refractivity contribution in [3.8, 4) is 0 Å². The topological polar surface area (TPSA) is 95.6 Å². The lowest BCUT2D eigenvalue weighted by Crippen LogP contribution is -2.35. The van der Waals surface area contributed by atoms with Gasteiger partial charge in [0.15, 0.2) is 0 Å². The molecule has 0 saturated carbocycles. The number of benzene rings is 2.